The molecule has 0 amide bonds. The van der Waals surface area contributed by atoms with Crippen LogP contribution in [-0.4, -0.2) is 37.1 Å². The molecule has 1 aromatic rings. The Hall–Kier alpha value is -1.50. The first-order valence-corrected chi connectivity index (χ1v) is 6.68. The second kappa shape index (κ2) is 6.09. The first kappa shape index (κ1) is 15.9. The number of aliphatic hydroxyl groups excluding tert-OH is 1. The van der Waals surface area contributed by atoms with Gasteiger partial charge in [0.2, 0.25) is 0 Å². The third kappa shape index (κ3) is 4.23. The van der Waals surface area contributed by atoms with Gasteiger partial charge in [0.15, 0.2) is 6.61 Å². The average molecular weight is 307 g/mol. The van der Waals surface area contributed by atoms with Crippen LogP contribution in [0.25, 0.3) is 0 Å². The number of halogens is 4. The fourth-order valence-corrected chi connectivity index (χ4v) is 2.34. The summed E-state index contributed by atoms with van der Waals surface area (Å²) in [5, 5.41) is 9.67. The monoisotopic (exact) mass is 307 g/mol. The highest BCUT2D eigenvalue weighted by Gasteiger charge is 2.29. The Labute approximate surface area is 120 Å². The molecule has 1 heterocycles. The normalized spacial score (nSPS) is 23.2. The van der Waals surface area contributed by atoms with Crippen molar-refractivity contribution < 1.29 is 27.4 Å². The smallest absolute Gasteiger partial charge is 0.422 e. The van der Waals surface area contributed by atoms with Crippen molar-refractivity contribution in [3.8, 4) is 5.75 Å². The molecule has 0 bridgehead atoms. The maximum Gasteiger partial charge on any atom is 0.422 e. The van der Waals surface area contributed by atoms with Crippen molar-refractivity contribution in [2.75, 3.05) is 24.6 Å². The Bertz CT molecular complexity index is 492. The summed E-state index contributed by atoms with van der Waals surface area (Å²) in [6, 6.07) is 3.54. The Balaban J connectivity index is 2.12. The minimum atomic E-state index is -4.43. The van der Waals surface area contributed by atoms with E-state index in [2.05, 4.69) is 4.74 Å². The zero-order valence-electron chi connectivity index (χ0n) is 11.5. The largest absolute Gasteiger partial charge is 0.484 e. The molecule has 0 spiro atoms. The van der Waals surface area contributed by atoms with Crippen molar-refractivity contribution in [1.82, 2.24) is 0 Å². The number of hydrogen-bond acceptors (Lipinski definition) is 3. The number of alkyl halides is 3. The van der Waals surface area contributed by atoms with E-state index in [4.69, 9.17) is 0 Å². The van der Waals surface area contributed by atoms with E-state index < -0.39 is 24.7 Å². The van der Waals surface area contributed by atoms with Crippen molar-refractivity contribution in [1.29, 1.82) is 0 Å². The third-order valence-corrected chi connectivity index (χ3v) is 3.52. The summed E-state index contributed by atoms with van der Waals surface area (Å²) in [6.07, 6.45) is -4.37. The number of ether oxygens (including phenoxy) is 1. The fraction of sp³-hybridized carbons (Fsp3) is 0.571. The van der Waals surface area contributed by atoms with Gasteiger partial charge in [-0.15, -0.1) is 0 Å². The number of hydrogen-bond donors (Lipinski definition) is 1. The van der Waals surface area contributed by atoms with Crippen LogP contribution >= 0.6 is 0 Å². The molecule has 0 aliphatic carbocycles. The number of aliphatic hydroxyl groups is 1. The average Bonchev–Trinajstić information content (AvgIpc) is 2.40. The minimum absolute atomic E-state index is 0.0255. The Morgan fingerprint density at radius 3 is 2.71 bits per heavy atom. The van der Waals surface area contributed by atoms with E-state index in [0.717, 1.165) is 6.07 Å². The van der Waals surface area contributed by atoms with Crippen molar-refractivity contribution in [3.05, 3.63) is 24.0 Å². The van der Waals surface area contributed by atoms with Crippen LogP contribution in [0, 0.1) is 11.7 Å². The van der Waals surface area contributed by atoms with E-state index in [0.29, 0.717) is 19.5 Å². The highest BCUT2D eigenvalue weighted by Crippen LogP contribution is 2.30. The van der Waals surface area contributed by atoms with Gasteiger partial charge >= 0.3 is 6.18 Å². The molecule has 2 unspecified atom stereocenters. The van der Waals surface area contributed by atoms with Gasteiger partial charge in [0.1, 0.15) is 11.6 Å². The SMILES string of the molecule is CC1CN(c2cc(OCC(F)(F)F)ccc2F)CCC1O. The maximum absolute atomic E-state index is 13.9. The summed E-state index contributed by atoms with van der Waals surface area (Å²) in [5.41, 5.74) is 0.202. The maximum atomic E-state index is 13.9. The lowest BCUT2D eigenvalue weighted by Crippen LogP contribution is -2.42. The molecule has 3 nitrogen and oxygen atoms in total. The molecule has 118 valence electrons. The zero-order valence-corrected chi connectivity index (χ0v) is 11.5. The first-order chi connectivity index (χ1) is 9.76. The lowest BCUT2D eigenvalue weighted by Gasteiger charge is -2.36. The van der Waals surface area contributed by atoms with Crippen LogP contribution < -0.4 is 9.64 Å². The van der Waals surface area contributed by atoms with Gasteiger partial charge in [0.25, 0.3) is 0 Å². The van der Waals surface area contributed by atoms with Gasteiger partial charge < -0.3 is 14.7 Å². The van der Waals surface area contributed by atoms with Crippen LogP contribution in [0.2, 0.25) is 0 Å². The van der Waals surface area contributed by atoms with Crippen molar-refractivity contribution in [2.24, 2.45) is 5.92 Å². The van der Waals surface area contributed by atoms with Crippen LogP contribution in [0.4, 0.5) is 23.2 Å². The van der Waals surface area contributed by atoms with Crippen molar-refractivity contribution in [3.63, 3.8) is 0 Å². The van der Waals surface area contributed by atoms with Gasteiger partial charge in [-0.3, -0.25) is 0 Å². The van der Waals surface area contributed by atoms with E-state index in [1.807, 2.05) is 6.92 Å². The quantitative estimate of drug-likeness (QED) is 0.872. The number of piperidine rings is 1. The zero-order chi connectivity index (χ0) is 15.6. The number of nitrogens with zero attached hydrogens (tertiary/aromatic N) is 1. The predicted molar refractivity (Wildman–Crippen MR) is 70.0 cm³/mol. The topological polar surface area (TPSA) is 32.7 Å². The number of rotatable bonds is 3. The molecule has 0 radical (unpaired) electrons. The predicted octanol–water partition coefficient (Wildman–Crippen LogP) is 2.97. The molecule has 1 saturated heterocycles. The summed E-state index contributed by atoms with van der Waals surface area (Å²) < 4.78 is 54.9. The van der Waals surface area contributed by atoms with Gasteiger partial charge in [0, 0.05) is 19.2 Å². The molecule has 21 heavy (non-hydrogen) atoms. The lowest BCUT2D eigenvalue weighted by atomic mass is 9.96. The summed E-state index contributed by atoms with van der Waals surface area (Å²) in [5.74, 6) is -0.571. The number of anilines is 1. The van der Waals surface area contributed by atoms with Crippen LogP contribution in [0.15, 0.2) is 18.2 Å². The summed E-state index contributed by atoms with van der Waals surface area (Å²) in [7, 11) is 0. The Morgan fingerprint density at radius 2 is 2.10 bits per heavy atom. The Morgan fingerprint density at radius 1 is 1.38 bits per heavy atom. The van der Waals surface area contributed by atoms with Gasteiger partial charge in [-0.25, -0.2) is 4.39 Å². The standard InChI is InChI=1S/C14H17F4NO2/c1-9-7-19(5-4-13(9)20)12-6-10(2-3-11(12)15)21-8-14(16,17)18/h2-3,6,9,13,20H,4-5,7-8H2,1H3. The minimum Gasteiger partial charge on any atom is -0.484 e. The van der Waals surface area contributed by atoms with Gasteiger partial charge in [0.05, 0.1) is 11.8 Å². The van der Waals surface area contributed by atoms with Crippen LogP contribution in [0.3, 0.4) is 0 Å². The molecule has 7 heteroatoms. The third-order valence-electron chi connectivity index (χ3n) is 3.52. The van der Waals surface area contributed by atoms with E-state index in [1.165, 1.54) is 12.1 Å². The summed E-state index contributed by atoms with van der Waals surface area (Å²) in [6.45, 7) is 1.33. The van der Waals surface area contributed by atoms with Crippen LogP contribution in [0.5, 0.6) is 5.75 Å². The van der Waals surface area contributed by atoms with Crippen molar-refractivity contribution >= 4 is 5.69 Å². The summed E-state index contributed by atoms with van der Waals surface area (Å²) in [4.78, 5) is 1.72. The molecular formula is C14H17F4NO2. The van der Waals surface area contributed by atoms with E-state index in [1.54, 1.807) is 4.90 Å². The van der Waals surface area contributed by atoms with Gasteiger partial charge in [-0.2, -0.15) is 13.2 Å². The molecule has 0 saturated carbocycles. The highest BCUT2D eigenvalue weighted by atomic mass is 19.4. The fourth-order valence-electron chi connectivity index (χ4n) is 2.34. The molecule has 1 aromatic carbocycles. The summed E-state index contributed by atoms with van der Waals surface area (Å²) >= 11 is 0. The van der Waals surface area contributed by atoms with E-state index in [-0.39, 0.29) is 17.4 Å². The molecule has 2 atom stereocenters. The molecular weight excluding hydrogens is 290 g/mol. The molecule has 1 fully saturated rings. The van der Waals surface area contributed by atoms with Crippen LogP contribution in [0.1, 0.15) is 13.3 Å². The van der Waals surface area contributed by atoms with E-state index >= 15 is 0 Å². The van der Waals surface area contributed by atoms with Gasteiger partial charge in [-0.05, 0) is 24.5 Å². The van der Waals surface area contributed by atoms with Crippen LogP contribution in [-0.2, 0) is 0 Å². The molecule has 1 aliphatic rings. The molecule has 2 rings (SSSR count). The Kier molecular flexibility index (Phi) is 4.61. The lowest BCUT2D eigenvalue weighted by molar-refractivity contribution is -0.153. The second-order valence-electron chi connectivity index (χ2n) is 5.30. The second-order valence-corrected chi connectivity index (χ2v) is 5.30. The van der Waals surface area contributed by atoms with Crippen molar-refractivity contribution in [2.45, 2.75) is 25.6 Å². The molecule has 1 aliphatic heterocycles. The van der Waals surface area contributed by atoms with Gasteiger partial charge in [-0.1, -0.05) is 6.92 Å². The molecule has 0 aromatic heterocycles. The molecule has 1 N–H and O–H groups in total. The highest BCUT2D eigenvalue weighted by molar-refractivity contribution is 5.52. The first-order valence-electron chi connectivity index (χ1n) is 6.68. The van der Waals surface area contributed by atoms with E-state index in [9.17, 15) is 22.7 Å². The number of benzene rings is 1.